The number of hydrogen-bond acceptors (Lipinski definition) is 3. The minimum atomic E-state index is 0.541. The van der Waals surface area contributed by atoms with Crippen LogP contribution in [0.1, 0.15) is 0 Å². The summed E-state index contributed by atoms with van der Waals surface area (Å²) in [5.74, 6) is 1.08. The van der Waals surface area contributed by atoms with Crippen LogP contribution in [0.25, 0.3) is 44.5 Å². The molecule has 0 bridgehead atoms. The van der Waals surface area contributed by atoms with Crippen molar-refractivity contribution in [1.29, 1.82) is 0 Å². The third kappa shape index (κ3) is 2.29. The lowest BCUT2D eigenvalue weighted by Gasteiger charge is -2.03. The molecule has 0 saturated carbocycles. The van der Waals surface area contributed by atoms with Gasteiger partial charge in [-0.15, -0.1) is 10.2 Å². The molecule has 1 heterocycles. The lowest BCUT2D eigenvalue weighted by Crippen LogP contribution is -1.81. The largest absolute Gasteiger partial charge is 0.416 e. The third-order valence-corrected chi connectivity index (χ3v) is 4.47. The smallest absolute Gasteiger partial charge is 0.248 e. The van der Waals surface area contributed by atoms with Crippen molar-refractivity contribution in [3.63, 3.8) is 0 Å². The van der Waals surface area contributed by atoms with Gasteiger partial charge in [-0.05, 0) is 33.7 Å². The Hall–Kier alpha value is -3.46. The predicted octanol–water partition coefficient (Wildman–Crippen LogP) is 5.71. The molecule has 0 atom stereocenters. The Balaban J connectivity index is 1.69. The molecule has 25 heavy (non-hydrogen) atoms. The molecule has 4 aromatic carbocycles. The quantitative estimate of drug-likeness (QED) is 0.418. The van der Waals surface area contributed by atoms with Crippen LogP contribution in [0.15, 0.2) is 89.3 Å². The summed E-state index contributed by atoms with van der Waals surface area (Å²) in [5.41, 5.74) is 1.91. The highest BCUT2D eigenvalue weighted by Gasteiger charge is 2.14. The average Bonchev–Trinajstić information content (AvgIpc) is 3.17. The first kappa shape index (κ1) is 13.9. The Kier molecular flexibility index (Phi) is 3.10. The van der Waals surface area contributed by atoms with E-state index in [0.29, 0.717) is 11.8 Å². The second-order valence-corrected chi connectivity index (χ2v) is 5.97. The minimum Gasteiger partial charge on any atom is -0.416 e. The zero-order valence-electron chi connectivity index (χ0n) is 13.4. The molecule has 5 aromatic rings. The molecule has 3 heteroatoms. The number of rotatable bonds is 2. The van der Waals surface area contributed by atoms with E-state index in [1.165, 1.54) is 0 Å². The SMILES string of the molecule is c1ccc2c(-c3nnc(-c4cccc5ccccc45)o3)cccc2c1. The summed E-state index contributed by atoms with van der Waals surface area (Å²) in [6.45, 7) is 0. The highest BCUT2D eigenvalue weighted by atomic mass is 16.4. The highest BCUT2D eigenvalue weighted by Crippen LogP contribution is 2.32. The molecule has 3 nitrogen and oxygen atoms in total. The van der Waals surface area contributed by atoms with E-state index in [-0.39, 0.29) is 0 Å². The molecule has 0 aliphatic carbocycles. The molecule has 5 rings (SSSR count). The van der Waals surface area contributed by atoms with Crippen molar-refractivity contribution in [2.75, 3.05) is 0 Å². The van der Waals surface area contributed by atoms with Crippen molar-refractivity contribution in [3.8, 4) is 22.9 Å². The van der Waals surface area contributed by atoms with Gasteiger partial charge >= 0.3 is 0 Å². The van der Waals surface area contributed by atoms with E-state index in [1.54, 1.807) is 0 Å². The van der Waals surface area contributed by atoms with Crippen LogP contribution < -0.4 is 0 Å². The molecule has 0 amide bonds. The summed E-state index contributed by atoms with van der Waals surface area (Å²) < 4.78 is 6.05. The van der Waals surface area contributed by atoms with Crippen molar-refractivity contribution in [3.05, 3.63) is 84.9 Å². The zero-order valence-corrected chi connectivity index (χ0v) is 13.4. The van der Waals surface area contributed by atoms with Gasteiger partial charge in [0.05, 0.1) is 0 Å². The molecule has 118 valence electrons. The van der Waals surface area contributed by atoms with Crippen LogP contribution in [0.4, 0.5) is 0 Å². The maximum Gasteiger partial charge on any atom is 0.248 e. The molecular formula is C22H14N2O. The van der Waals surface area contributed by atoms with E-state index in [2.05, 4.69) is 46.6 Å². The van der Waals surface area contributed by atoms with Gasteiger partial charge in [0.15, 0.2) is 0 Å². The van der Waals surface area contributed by atoms with Gasteiger partial charge in [-0.1, -0.05) is 72.8 Å². The first-order chi connectivity index (χ1) is 12.4. The monoisotopic (exact) mass is 322 g/mol. The maximum absolute atomic E-state index is 6.05. The van der Waals surface area contributed by atoms with E-state index in [1.807, 2.05) is 48.5 Å². The van der Waals surface area contributed by atoms with Crippen molar-refractivity contribution in [1.82, 2.24) is 10.2 Å². The lowest BCUT2D eigenvalue weighted by atomic mass is 10.0. The maximum atomic E-state index is 6.05. The summed E-state index contributed by atoms with van der Waals surface area (Å²) >= 11 is 0. The summed E-state index contributed by atoms with van der Waals surface area (Å²) in [6.07, 6.45) is 0. The van der Waals surface area contributed by atoms with Crippen LogP contribution in [0.5, 0.6) is 0 Å². The molecule has 0 fully saturated rings. The Labute approximate surface area is 144 Å². The van der Waals surface area contributed by atoms with Gasteiger partial charge in [0.1, 0.15) is 0 Å². The van der Waals surface area contributed by atoms with E-state index in [9.17, 15) is 0 Å². The first-order valence-electron chi connectivity index (χ1n) is 8.20. The van der Waals surface area contributed by atoms with Crippen LogP contribution in [-0.2, 0) is 0 Å². The summed E-state index contributed by atoms with van der Waals surface area (Å²) in [7, 11) is 0. The van der Waals surface area contributed by atoms with Gasteiger partial charge in [-0.3, -0.25) is 0 Å². The topological polar surface area (TPSA) is 38.9 Å². The summed E-state index contributed by atoms with van der Waals surface area (Å²) in [5, 5.41) is 13.1. The Morgan fingerprint density at radius 3 is 1.44 bits per heavy atom. The van der Waals surface area contributed by atoms with Crippen molar-refractivity contribution in [2.24, 2.45) is 0 Å². The third-order valence-electron chi connectivity index (χ3n) is 4.47. The van der Waals surface area contributed by atoms with Gasteiger partial charge in [0.2, 0.25) is 11.8 Å². The fourth-order valence-corrected chi connectivity index (χ4v) is 3.26. The van der Waals surface area contributed by atoms with Crippen LogP contribution >= 0.6 is 0 Å². The van der Waals surface area contributed by atoms with E-state index in [0.717, 1.165) is 32.7 Å². The summed E-state index contributed by atoms with van der Waals surface area (Å²) in [4.78, 5) is 0. The number of hydrogen-bond donors (Lipinski definition) is 0. The fourth-order valence-electron chi connectivity index (χ4n) is 3.26. The second kappa shape index (κ2) is 5.56. The van der Waals surface area contributed by atoms with Gasteiger partial charge in [-0.2, -0.15) is 0 Å². The predicted molar refractivity (Wildman–Crippen MR) is 100 cm³/mol. The van der Waals surface area contributed by atoms with Gasteiger partial charge in [0.25, 0.3) is 0 Å². The number of nitrogens with zero attached hydrogens (tertiary/aromatic N) is 2. The molecule has 1 aromatic heterocycles. The molecule has 0 spiro atoms. The average molecular weight is 322 g/mol. The second-order valence-electron chi connectivity index (χ2n) is 5.97. The minimum absolute atomic E-state index is 0.541. The molecule has 0 saturated heterocycles. The zero-order chi connectivity index (χ0) is 16.6. The van der Waals surface area contributed by atoms with E-state index >= 15 is 0 Å². The van der Waals surface area contributed by atoms with Gasteiger partial charge < -0.3 is 4.42 Å². The molecule has 0 aliphatic heterocycles. The van der Waals surface area contributed by atoms with Crippen LogP contribution in [0.3, 0.4) is 0 Å². The summed E-state index contributed by atoms with van der Waals surface area (Å²) in [6, 6.07) is 28.6. The van der Waals surface area contributed by atoms with Gasteiger partial charge in [-0.25, -0.2) is 0 Å². The van der Waals surface area contributed by atoms with Crippen LogP contribution in [0.2, 0.25) is 0 Å². The number of fused-ring (bicyclic) bond motifs is 2. The van der Waals surface area contributed by atoms with Crippen LogP contribution in [0, 0.1) is 0 Å². The molecular weight excluding hydrogens is 308 g/mol. The molecule has 0 aliphatic rings. The van der Waals surface area contributed by atoms with Crippen LogP contribution in [-0.4, -0.2) is 10.2 Å². The van der Waals surface area contributed by atoms with Crippen molar-refractivity contribution in [2.45, 2.75) is 0 Å². The van der Waals surface area contributed by atoms with E-state index < -0.39 is 0 Å². The standard InChI is InChI=1S/C22H14N2O/c1-3-11-17-15(7-1)9-5-13-19(17)21-23-24-22(25-21)20-14-6-10-16-8-2-4-12-18(16)20/h1-14H. The highest BCUT2D eigenvalue weighted by molar-refractivity contribution is 5.96. The Morgan fingerprint density at radius 1 is 0.480 bits per heavy atom. The molecule has 0 N–H and O–H groups in total. The number of benzene rings is 4. The van der Waals surface area contributed by atoms with Crippen molar-refractivity contribution < 1.29 is 4.42 Å². The van der Waals surface area contributed by atoms with Gasteiger partial charge in [0, 0.05) is 11.1 Å². The lowest BCUT2D eigenvalue weighted by molar-refractivity contribution is 0.586. The normalized spacial score (nSPS) is 11.2. The van der Waals surface area contributed by atoms with Crippen molar-refractivity contribution >= 4 is 21.5 Å². The van der Waals surface area contributed by atoms with E-state index in [4.69, 9.17) is 4.42 Å². The molecule has 0 radical (unpaired) electrons. The Bertz CT molecular complexity index is 1100. The molecule has 0 unspecified atom stereocenters. The number of aromatic nitrogens is 2. The Morgan fingerprint density at radius 2 is 0.920 bits per heavy atom. The fraction of sp³-hybridized carbons (Fsp3) is 0. The first-order valence-corrected chi connectivity index (χ1v) is 8.20.